The quantitative estimate of drug-likeness (QED) is 0.643. The van der Waals surface area contributed by atoms with E-state index < -0.39 is 10.8 Å². The Hall–Kier alpha value is -0.630. The molecule has 2 rings (SSSR count). The molecule has 64 valence electrons. The van der Waals surface area contributed by atoms with Crippen molar-refractivity contribution in [3.8, 4) is 0 Å². The Morgan fingerprint density at radius 2 is 1.83 bits per heavy atom. The highest BCUT2D eigenvalue weighted by Crippen LogP contribution is 2.33. The van der Waals surface area contributed by atoms with Crippen LogP contribution in [0.15, 0.2) is 30.3 Å². The van der Waals surface area contributed by atoms with E-state index in [2.05, 4.69) is 19.1 Å². The van der Waals surface area contributed by atoms with Crippen molar-refractivity contribution >= 4 is 10.8 Å². The van der Waals surface area contributed by atoms with E-state index in [4.69, 9.17) is 0 Å². The molecular formula is C10H12OS. The Kier molecular flexibility index (Phi) is 1.80. The zero-order valence-corrected chi connectivity index (χ0v) is 7.93. The van der Waals surface area contributed by atoms with Crippen molar-refractivity contribution in [1.82, 2.24) is 0 Å². The van der Waals surface area contributed by atoms with Gasteiger partial charge in [-0.2, -0.15) is 0 Å². The Morgan fingerprint density at radius 1 is 1.25 bits per heavy atom. The van der Waals surface area contributed by atoms with Crippen molar-refractivity contribution < 1.29 is 4.21 Å². The van der Waals surface area contributed by atoms with Gasteiger partial charge in [-0.1, -0.05) is 37.3 Å². The van der Waals surface area contributed by atoms with Crippen molar-refractivity contribution in [2.75, 3.05) is 11.5 Å². The molecule has 0 radical (unpaired) electrons. The minimum atomic E-state index is -0.562. The van der Waals surface area contributed by atoms with Crippen LogP contribution in [0.3, 0.4) is 0 Å². The monoisotopic (exact) mass is 180 g/mol. The Balaban J connectivity index is 2.27. The second-order valence-electron chi connectivity index (χ2n) is 3.66. The standard InChI is InChI=1S/C10H12OS/c1-10(7-12(11)8-10)9-5-3-2-4-6-9/h2-6H,7-8H2,1H3. The molecular weight excluding hydrogens is 168 g/mol. The summed E-state index contributed by atoms with van der Waals surface area (Å²) in [5, 5.41) is 0. The van der Waals surface area contributed by atoms with E-state index in [1.807, 2.05) is 18.2 Å². The van der Waals surface area contributed by atoms with Crippen LogP contribution in [-0.2, 0) is 16.2 Å². The molecule has 2 heteroatoms. The first-order chi connectivity index (χ1) is 5.71. The molecule has 1 saturated heterocycles. The van der Waals surface area contributed by atoms with Gasteiger partial charge in [-0.25, -0.2) is 0 Å². The fourth-order valence-electron chi connectivity index (χ4n) is 1.68. The summed E-state index contributed by atoms with van der Waals surface area (Å²) in [5.74, 6) is 1.66. The van der Waals surface area contributed by atoms with Gasteiger partial charge in [0.15, 0.2) is 0 Å². The predicted octanol–water partition coefficient (Wildman–Crippen LogP) is 1.71. The highest BCUT2D eigenvalue weighted by Gasteiger charge is 2.39. The van der Waals surface area contributed by atoms with E-state index in [1.54, 1.807) is 0 Å². The fourth-order valence-corrected chi connectivity index (χ4v) is 3.35. The Labute approximate surface area is 75.3 Å². The molecule has 1 aromatic rings. The normalized spacial score (nSPS) is 34.2. The van der Waals surface area contributed by atoms with Gasteiger partial charge in [0.1, 0.15) is 0 Å². The first kappa shape index (κ1) is 7.99. The first-order valence-corrected chi connectivity index (χ1v) is 5.60. The fraction of sp³-hybridized carbons (Fsp3) is 0.400. The lowest BCUT2D eigenvalue weighted by Crippen LogP contribution is -2.46. The molecule has 0 unspecified atom stereocenters. The number of hydrogen-bond acceptors (Lipinski definition) is 1. The molecule has 0 atom stereocenters. The largest absolute Gasteiger partial charge is 0.260 e. The van der Waals surface area contributed by atoms with Crippen molar-refractivity contribution in [3.05, 3.63) is 35.9 Å². The second-order valence-corrected chi connectivity index (χ2v) is 5.11. The molecule has 0 aromatic heterocycles. The Morgan fingerprint density at radius 3 is 2.33 bits per heavy atom. The third kappa shape index (κ3) is 1.20. The molecule has 12 heavy (non-hydrogen) atoms. The minimum absolute atomic E-state index is 0.187. The molecule has 1 fully saturated rings. The van der Waals surface area contributed by atoms with Gasteiger partial charge in [-0.15, -0.1) is 0 Å². The van der Waals surface area contributed by atoms with Crippen LogP contribution in [0.4, 0.5) is 0 Å². The third-order valence-electron chi connectivity index (χ3n) is 2.43. The van der Waals surface area contributed by atoms with Gasteiger partial charge in [0.25, 0.3) is 0 Å². The van der Waals surface area contributed by atoms with Crippen LogP contribution in [0.2, 0.25) is 0 Å². The summed E-state index contributed by atoms with van der Waals surface area (Å²) in [6.07, 6.45) is 0. The van der Waals surface area contributed by atoms with Crippen LogP contribution in [0.1, 0.15) is 12.5 Å². The number of hydrogen-bond donors (Lipinski definition) is 0. The number of benzene rings is 1. The van der Waals surface area contributed by atoms with Crippen LogP contribution in [0, 0.1) is 0 Å². The van der Waals surface area contributed by atoms with Gasteiger partial charge in [0.05, 0.1) is 0 Å². The summed E-state index contributed by atoms with van der Waals surface area (Å²) >= 11 is 0. The summed E-state index contributed by atoms with van der Waals surface area (Å²) in [4.78, 5) is 0. The SMILES string of the molecule is CC1(c2ccccc2)CS(=O)C1. The molecule has 1 aliphatic rings. The molecule has 1 aromatic carbocycles. The van der Waals surface area contributed by atoms with Gasteiger partial charge in [-0.3, -0.25) is 4.21 Å². The van der Waals surface area contributed by atoms with E-state index >= 15 is 0 Å². The van der Waals surface area contributed by atoms with E-state index in [0.29, 0.717) is 0 Å². The van der Waals surface area contributed by atoms with Gasteiger partial charge in [0.2, 0.25) is 0 Å². The average molecular weight is 180 g/mol. The van der Waals surface area contributed by atoms with Crippen LogP contribution in [0.25, 0.3) is 0 Å². The molecule has 1 aliphatic heterocycles. The number of rotatable bonds is 1. The predicted molar refractivity (Wildman–Crippen MR) is 51.7 cm³/mol. The second kappa shape index (κ2) is 2.70. The molecule has 1 nitrogen and oxygen atoms in total. The van der Waals surface area contributed by atoms with E-state index in [-0.39, 0.29) is 5.41 Å². The van der Waals surface area contributed by atoms with Crippen LogP contribution in [0.5, 0.6) is 0 Å². The van der Waals surface area contributed by atoms with Crippen molar-refractivity contribution in [2.45, 2.75) is 12.3 Å². The van der Waals surface area contributed by atoms with Crippen molar-refractivity contribution in [1.29, 1.82) is 0 Å². The van der Waals surface area contributed by atoms with Crippen LogP contribution < -0.4 is 0 Å². The van der Waals surface area contributed by atoms with E-state index in [1.165, 1.54) is 5.56 Å². The van der Waals surface area contributed by atoms with Crippen molar-refractivity contribution in [3.63, 3.8) is 0 Å². The maximum atomic E-state index is 11.0. The zero-order chi connectivity index (χ0) is 8.60. The maximum absolute atomic E-state index is 11.0. The summed E-state index contributed by atoms with van der Waals surface area (Å²) in [7, 11) is -0.562. The first-order valence-electron chi connectivity index (χ1n) is 4.11. The molecule has 0 N–H and O–H groups in total. The molecule has 1 heterocycles. The van der Waals surface area contributed by atoms with Gasteiger partial charge in [0, 0.05) is 27.7 Å². The van der Waals surface area contributed by atoms with Crippen LogP contribution >= 0.6 is 0 Å². The topological polar surface area (TPSA) is 17.1 Å². The average Bonchev–Trinajstić information content (AvgIpc) is 2.04. The van der Waals surface area contributed by atoms with E-state index in [0.717, 1.165) is 11.5 Å². The molecule has 0 spiro atoms. The molecule has 0 bridgehead atoms. The lowest BCUT2D eigenvalue weighted by atomic mass is 9.86. The highest BCUT2D eigenvalue weighted by atomic mass is 32.2. The third-order valence-corrected chi connectivity index (χ3v) is 4.35. The lowest BCUT2D eigenvalue weighted by molar-refractivity contribution is 0.541. The van der Waals surface area contributed by atoms with Gasteiger partial charge < -0.3 is 0 Å². The smallest absolute Gasteiger partial charge is 0.0338 e. The summed E-state index contributed by atoms with van der Waals surface area (Å²) < 4.78 is 11.0. The summed E-state index contributed by atoms with van der Waals surface area (Å²) in [6.45, 7) is 2.18. The van der Waals surface area contributed by atoms with Crippen LogP contribution in [-0.4, -0.2) is 15.7 Å². The molecule has 0 amide bonds. The maximum Gasteiger partial charge on any atom is 0.0338 e. The van der Waals surface area contributed by atoms with Gasteiger partial charge in [-0.05, 0) is 5.56 Å². The van der Waals surface area contributed by atoms with Gasteiger partial charge >= 0.3 is 0 Å². The minimum Gasteiger partial charge on any atom is -0.260 e. The highest BCUT2D eigenvalue weighted by molar-refractivity contribution is 7.86. The van der Waals surface area contributed by atoms with E-state index in [9.17, 15) is 4.21 Å². The molecule has 0 saturated carbocycles. The van der Waals surface area contributed by atoms with Crippen molar-refractivity contribution in [2.24, 2.45) is 0 Å². The summed E-state index contributed by atoms with van der Waals surface area (Å²) in [6, 6.07) is 10.3. The summed E-state index contributed by atoms with van der Waals surface area (Å²) in [5.41, 5.74) is 1.51. The Bertz CT molecular complexity index is 297. The molecule has 0 aliphatic carbocycles. The lowest BCUT2D eigenvalue weighted by Gasteiger charge is -2.37. The zero-order valence-electron chi connectivity index (χ0n) is 7.12.